The average molecular weight is 144 g/mol. The lowest BCUT2D eigenvalue weighted by molar-refractivity contribution is -0.121. The maximum atomic E-state index is 10.6. The molecule has 0 bridgehead atoms. The molecule has 4 nitrogen and oxygen atoms in total. The van der Waals surface area contributed by atoms with Gasteiger partial charge >= 0.3 is 0 Å². The van der Waals surface area contributed by atoms with E-state index in [-0.39, 0.29) is 17.9 Å². The van der Waals surface area contributed by atoms with Crippen molar-refractivity contribution in [3.63, 3.8) is 0 Å². The second kappa shape index (κ2) is 2.98. The molecule has 4 N–H and O–H groups in total. The first-order valence-corrected chi connectivity index (χ1v) is 3.35. The van der Waals surface area contributed by atoms with E-state index in [1.807, 2.05) is 0 Å². The summed E-state index contributed by atoms with van der Waals surface area (Å²) in [4.78, 5) is 10.6. The van der Waals surface area contributed by atoms with E-state index in [4.69, 9.17) is 16.2 Å². The molecule has 2 atom stereocenters. The standard InChI is InChI=1S/C6H12N2O2/c7-2-5-1-4(3-10-5)6(8)9/h4-5H,1-3,7H2,(H2,8,9). The molecule has 0 spiro atoms. The zero-order chi connectivity index (χ0) is 7.56. The highest BCUT2D eigenvalue weighted by atomic mass is 16.5. The largest absolute Gasteiger partial charge is 0.376 e. The predicted octanol–water partition coefficient (Wildman–Crippen LogP) is -1.16. The molecule has 0 aromatic carbocycles. The van der Waals surface area contributed by atoms with E-state index in [9.17, 15) is 4.79 Å². The minimum absolute atomic E-state index is 0.0394. The zero-order valence-electron chi connectivity index (χ0n) is 5.75. The quantitative estimate of drug-likeness (QED) is 0.513. The Balaban J connectivity index is 2.35. The highest BCUT2D eigenvalue weighted by molar-refractivity contribution is 5.77. The number of hydrogen-bond donors (Lipinski definition) is 2. The summed E-state index contributed by atoms with van der Waals surface area (Å²) in [5, 5.41) is 0. The van der Waals surface area contributed by atoms with E-state index in [1.165, 1.54) is 0 Å². The van der Waals surface area contributed by atoms with Gasteiger partial charge in [0.15, 0.2) is 0 Å². The van der Waals surface area contributed by atoms with Gasteiger partial charge in [-0.05, 0) is 6.42 Å². The van der Waals surface area contributed by atoms with Gasteiger partial charge in [-0.1, -0.05) is 0 Å². The minimum Gasteiger partial charge on any atom is -0.376 e. The van der Waals surface area contributed by atoms with Crippen molar-refractivity contribution < 1.29 is 9.53 Å². The fourth-order valence-electron chi connectivity index (χ4n) is 1.07. The molecule has 1 aliphatic heterocycles. The van der Waals surface area contributed by atoms with Crippen LogP contribution in [0.3, 0.4) is 0 Å². The summed E-state index contributed by atoms with van der Waals surface area (Å²) in [7, 11) is 0. The van der Waals surface area contributed by atoms with Gasteiger partial charge in [0, 0.05) is 6.54 Å². The SMILES string of the molecule is NCC1CC(C(N)=O)CO1. The first kappa shape index (κ1) is 7.50. The molecule has 0 radical (unpaired) electrons. The molecule has 1 amide bonds. The molecule has 1 saturated heterocycles. The van der Waals surface area contributed by atoms with E-state index in [1.54, 1.807) is 0 Å². The van der Waals surface area contributed by atoms with Crippen LogP contribution in [0, 0.1) is 5.92 Å². The Morgan fingerprint density at radius 1 is 1.70 bits per heavy atom. The van der Waals surface area contributed by atoms with Crippen molar-refractivity contribution in [2.75, 3.05) is 13.2 Å². The summed E-state index contributed by atoms with van der Waals surface area (Å²) < 4.78 is 5.15. The summed E-state index contributed by atoms with van der Waals surface area (Å²) >= 11 is 0. The molecular weight excluding hydrogens is 132 g/mol. The monoisotopic (exact) mass is 144 g/mol. The van der Waals surface area contributed by atoms with Crippen LogP contribution in [-0.4, -0.2) is 25.2 Å². The van der Waals surface area contributed by atoms with Crippen molar-refractivity contribution in [1.29, 1.82) is 0 Å². The lowest BCUT2D eigenvalue weighted by atomic mass is 10.1. The highest BCUT2D eigenvalue weighted by Crippen LogP contribution is 2.17. The minimum atomic E-state index is -0.282. The van der Waals surface area contributed by atoms with Crippen LogP contribution in [-0.2, 0) is 9.53 Å². The summed E-state index contributed by atoms with van der Waals surface area (Å²) in [6, 6.07) is 0. The Labute approximate surface area is 59.5 Å². The maximum absolute atomic E-state index is 10.6. The van der Waals surface area contributed by atoms with Gasteiger partial charge in [-0.3, -0.25) is 4.79 Å². The summed E-state index contributed by atoms with van der Waals surface area (Å²) in [5.74, 6) is -0.399. The van der Waals surface area contributed by atoms with Crippen LogP contribution in [0.15, 0.2) is 0 Å². The maximum Gasteiger partial charge on any atom is 0.222 e. The van der Waals surface area contributed by atoms with Crippen molar-refractivity contribution in [1.82, 2.24) is 0 Å². The normalized spacial score (nSPS) is 32.5. The average Bonchev–Trinajstić information content (AvgIpc) is 2.34. The Kier molecular flexibility index (Phi) is 2.24. The number of rotatable bonds is 2. The second-order valence-corrected chi connectivity index (χ2v) is 2.53. The zero-order valence-corrected chi connectivity index (χ0v) is 5.75. The Morgan fingerprint density at radius 3 is 2.70 bits per heavy atom. The Morgan fingerprint density at radius 2 is 2.40 bits per heavy atom. The highest BCUT2D eigenvalue weighted by Gasteiger charge is 2.27. The molecule has 1 fully saturated rings. The summed E-state index contributed by atoms with van der Waals surface area (Å²) in [5.41, 5.74) is 10.4. The van der Waals surface area contributed by atoms with Crippen LogP contribution in [0.4, 0.5) is 0 Å². The van der Waals surface area contributed by atoms with Gasteiger partial charge in [0.05, 0.1) is 18.6 Å². The molecule has 4 heteroatoms. The smallest absolute Gasteiger partial charge is 0.222 e. The van der Waals surface area contributed by atoms with E-state index in [0.717, 1.165) is 0 Å². The van der Waals surface area contributed by atoms with Crippen molar-refractivity contribution >= 4 is 5.91 Å². The lowest BCUT2D eigenvalue weighted by Gasteiger charge is -2.02. The topological polar surface area (TPSA) is 78.3 Å². The first-order chi connectivity index (χ1) is 4.74. The van der Waals surface area contributed by atoms with Crippen LogP contribution in [0.1, 0.15) is 6.42 Å². The number of carbonyl (C=O) groups excluding carboxylic acids is 1. The van der Waals surface area contributed by atoms with Crippen LogP contribution in [0.25, 0.3) is 0 Å². The molecule has 0 saturated carbocycles. The number of carbonyl (C=O) groups is 1. The number of amides is 1. The van der Waals surface area contributed by atoms with Crippen LogP contribution in [0.5, 0.6) is 0 Å². The Hall–Kier alpha value is -0.610. The molecule has 10 heavy (non-hydrogen) atoms. The van der Waals surface area contributed by atoms with Crippen molar-refractivity contribution in [3.8, 4) is 0 Å². The van der Waals surface area contributed by atoms with E-state index < -0.39 is 0 Å². The summed E-state index contributed by atoms with van der Waals surface area (Å²) in [6.07, 6.45) is 0.726. The van der Waals surface area contributed by atoms with Crippen LogP contribution < -0.4 is 11.5 Å². The lowest BCUT2D eigenvalue weighted by Crippen LogP contribution is -2.24. The van der Waals surface area contributed by atoms with Crippen molar-refractivity contribution in [3.05, 3.63) is 0 Å². The third-order valence-corrected chi connectivity index (χ3v) is 1.75. The van der Waals surface area contributed by atoms with Crippen LogP contribution in [0.2, 0.25) is 0 Å². The first-order valence-electron chi connectivity index (χ1n) is 3.35. The van der Waals surface area contributed by atoms with Gasteiger partial charge in [0.25, 0.3) is 0 Å². The molecule has 1 aliphatic rings. The number of nitrogens with two attached hydrogens (primary N) is 2. The molecule has 1 heterocycles. The molecule has 0 aliphatic carbocycles. The molecule has 0 aromatic heterocycles. The van der Waals surface area contributed by atoms with E-state index in [0.29, 0.717) is 19.6 Å². The fraction of sp³-hybridized carbons (Fsp3) is 0.833. The predicted molar refractivity (Wildman–Crippen MR) is 36.1 cm³/mol. The molecular formula is C6H12N2O2. The third kappa shape index (κ3) is 1.46. The van der Waals surface area contributed by atoms with Gasteiger partial charge < -0.3 is 16.2 Å². The molecule has 0 aromatic rings. The molecule has 1 rings (SSSR count). The fourth-order valence-corrected chi connectivity index (χ4v) is 1.07. The molecule has 2 unspecified atom stereocenters. The van der Waals surface area contributed by atoms with Gasteiger partial charge in [0.2, 0.25) is 5.91 Å². The van der Waals surface area contributed by atoms with Crippen molar-refractivity contribution in [2.24, 2.45) is 17.4 Å². The van der Waals surface area contributed by atoms with Gasteiger partial charge in [0.1, 0.15) is 0 Å². The Bertz CT molecular complexity index is 138. The summed E-state index contributed by atoms with van der Waals surface area (Å²) in [6.45, 7) is 0.918. The van der Waals surface area contributed by atoms with Gasteiger partial charge in [-0.25, -0.2) is 0 Å². The van der Waals surface area contributed by atoms with Crippen molar-refractivity contribution in [2.45, 2.75) is 12.5 Å². The molecule has 58 valence electrons. The number of primary amides is 1. The van der Waals surface area contributed by atoms with E-state index in [2.05, 4.69) is 0 Å². The van der Waals surface area contributed by atoms with E-state index >= 15 is 0 Å². The van der Waals surface area contributed by atoms with Crippen LogP contribution >= 0.6 is 0 Å². The number of hydrogen-bond acceptors (Lipinski definition) is 3. The van der Waals surface area contributed by atoms with Gasteiger partial charge in [-0.2, -0.15) is 0 Å². The number of ether oxygens (including phenoxy) is 1. The third-order valence-electron chi connectivity index (χ3n) is 1.75. The van der Waals surface area contributed by atoms with Gasteiger partial charge in [-0.15, -0.1) is 0 Å². The second-order valence-electron chi connectivity index (χ2n) is 2.53.